The number of pyridine rings is 1. The molecule has 5 heteroatoms. The van der Waals surface area contributed by atoms with E-state index in [-0.39, 0.29) is 0 Å². The second kappa shape index (κ2) is 8.25. The van der Waals surface area contributed by atoms with E-state index in [2.05, 4.69) is 11.1 Å². The quantitative estimate of drug-likeness (QED) is 0.633. The lowest BCUT2D eigenvalue weighted by Crippen LogP contribution is -1.97. The van der Waals surface area contributed by atoms with Crippen LogP contribution < -0.4 is 18.9 Å². The van der Waals surface area contributed by atoms with Crippen LogP contribution in [0.3, 0.4) is 0 Å². The van der Waals surface area contributed by atoms with Gasteiger partial charge in [-0.2, -0.15) is 0 Å². The summed E-state index contributed by atoms with van der Waals surface area (Å²) in [7, 11) is 4.88. The van der Waals surface area contributed by atoms with Crippen molar-refractivity contribution in [2.45, 2.75) is 6.61 Å². The smallest absolute Gasteiger partial charge is 0.161 e. The van der Waals surface area contributed by atoms with E-state index in [9.17, 15) is 0 Å². The summed E-state index contributed by atoms with van der Waals surface area (Å²) in [5.74, 6) is 2.89. The number of benzene rings is 2. The summed E-state index contributed by atoms with van der Waals surface area (Å²) in [6.07, 6.45) is 3.61. The highest BCUT2D eigenvalue weighted by atomic mass is 16.5. The first-order chi connectivity index (χ1) is 12.7. The number of hydrogen-bond acceptors (Lipinski definition) is 5. The first kappa shape index (κ1) is 17.6. The van der Waals surface area contributed by atoms with Crippen molar-refractivity contribution < 1.29 is 18.9 Å². The fraction of sp³-hybridized carbons (Fsp3) is 0.190. The molecule has 0 spiro atoms. The minimum atomic E-state index is 0.418. The van der Waals surface area contributed by atoms with Crippen molar-refractivity contribution in [1.82, 2.24) is 4.98 Å². The molecule has 0 aliphatic heterocycles. The maximum absolute atomic E-state index is 5.84. The van der Waals surface area contributed by atoms with Gasteiger partial charge >= 0.3 is 0 Å². The summed E-state index contributed by atoms with van der Waals surface area (Å²) >= 11 is 0. The van der Waals surface area contributed by atoms with E-state index in [1.807, 2.05) is 48.7 Å². The predicted molar refractivity (Wildman–Crippen MR) is 100 cm³/mol. The van der Waals surface area contributed by atoms with Crippen LogP contribution in [-0.4, -0.2) is 26.3 Å². The fourth-order valence-electron chi connectivity index (χ4n) is 2.60. The van der Waals surface area contributed by atoms with Gasteiger partial charge in [0.2, 0.25) is 0 Å². The largest absolute Gasteiger partial charge is 0.497 e. The Labute approximate surface area is 153 Å². The third-order valence-corrected chi connectivity index (χ3v) is 3.96. The van der Waals surface area contributed by atoms with Crippen molar-refractivity contribution in [1.29, 1.82) is 0 Å². The van der Waals surface area contributed by atoms with Crippen LogP contribution in [0, 0.1) is 0 Å². The zero-order chi connectivity index (χ0) is 18.4. The first-order valence-corrected chi connectivity index (χ1v) is 8.16. The molecule has 0 aliphatic rings. The highest BCUT2D eigenvalue weighted by Crippen LogP contribution is 2.32. The van der Waals surface area contributed by atoms with Gasteiger partial charge in [0.25, 0.3) is 0 Å². The van der Waals surface area contributed by atoms with E-state index >= 15 is 0 Å². The molecule has 1 heterocycles. The van der Waals surface area contributed by atoms with Gasteiger partial charge in [0.1, 0.15) is 18.1 Å². The lowest BCUT2D eigenvalue weighted by molar-refractivity contribution is 0.303. The Morgan fingerprint density at radius 3 is 2.31 bits per heavy atom. The molecule has 0 fully saturated rings. The van der Waals surface area contributed by atoms with Gasteiger partial charge in [-0.1, -0.05) is 12.1 Å². The number of aromatic nitrogens is 1. The van der Waals surface area contributed by atoms with E-state index < -0.39 is 0 Å². The predicted octanol–water partition coefficient (Wildman–Crippen LogP) is 4.35. The Morgan fingerprint density at radius 1 is 0.731 bits per heavy atom. The molecule has 0 N–H and O–H groups in total. The highest BCUT2D eigenvalue weighted by Gasteiger charge is 2.07. The molecule has 3 aromatic rings. The second-order valence-electron chi connectivity index (χ2n) is 5.62. The summed E-state index contributed by atoms with van der Waals surface area (Å²) < 4.78 is 21.7. The second-order valence-corrected chi connectivity index (χ2v) is 5.62. The molecule has 5 nitrogen and oxygen atoms in total. The third-order valence-electron chi connectivity index (χ3n) is 3.96. The van der Waals surface area contributed by atoms with Crippen LogP contribution in [0.5, 0.6) is 23.0 Å². The number of methoxy groups -OCH3 is 3. The molecule has 0 radical (unpaired) electrons. The minimum absolute atomic E-state index is 0.418. The lowest BCUT2D eigenvalue weighted by atomic mass is 10.1. The summed E-state index contributed by atoms with van der Waals surface area (Å²) in [5.41, 5.74) is 2.95. The number of rotatable bonds is 7. The molecule has 3 rings (SSSR count). The SMILES string of the molecule is COc1cccc(OCc2cncc(-c3ccc(OC)c(OC)c3)c2)c1. The lowest BCUT2D eigenvalue weighted by Gasteiger charge is -2.11. The summed E-state index contributed by atoms with van der Waals surface area (Å²) in [6, 6.07) is 15.4. The molecular formula is C21H21NO4. The van der Waals surface area contributed by atoms with Crippen LogP contribution in [0.1, 0.15) is 5.56 Å². The van der Waals surface area contributed by atoms with Crippen LogP contribution in [-0.2, 0) is 6.61 Å². The maximum atomic E-state index is 5.84. The van der Waals surface area contributed by atoms with Crippen LogP contribution in [0.2, 0.25) is 0 Å². The van der Waals surface area contributed by atoms with Gasteiger partial charge in [0.15, 0.2) is 11.5 Å². The van der Waals surface area contributed by atoms with Gasteiger partial charge in [-0.15, -0.1) is 0 Å². The van der Waals surface area contributed by atoms with Crippen molar-refractivity contribution in [3.05, 3.63) is 66.5 Å². The number of hydrogen-bond donors (Lipinski definition) is 0. The Hall–Kier alpha value is -3.21. The topological polar surface area (TPSA) is 49.8 Å². The van der Waals surface area contributed by atoms with Gasteiger partial charge in [0, 0.05) is 29.6 Å². The highest BCUT2D eigenvalue weighted by molar-refractivity contribution is 5.67. The van der Waals surface area contributed by atoms with Gasteiger partial charge in [0.05, 0.1) is 21.3 Å². The Bertz CT molecular complexity index is 879. The average Bonchev–Trinajstić information content (AvgIpc) is 2.72. The molecule has 0 atom stereocenters. The monoisotopic (exact) mass is 351 g/mol. The Morgan fingerprint density at radius 2 is 1.54 bits per heavy atom. The van der Waals surface area contributed by atoms with Crippen molar-refractivity contribution >= 4 is 0 Å². The van der Waals surface area contributed by atoms with E-state index in [0.717, 1.165) is 28.2 Å². The van der Waals surface area contributed by atoms with Gasteiger partial charge in [-0.05, 0) is 35.9 Å². The summed E-state index contributed by atoms with van der Waals surface area (Å²) in [6.45, 7) is 0.418. The van der Waals surface area contributed by atoms with E-state index in [0.29, 0.717) is 18.1 Å². The molecule has 0 unspecified atom stereocenters. The molecular weight excluding hydrogens is 330 g/mol. The van der Waals surface area contributed by atoms with Crippen molar-refractivity contribution in [2.24, 2.45) is 0 Å². The molecule has 2 aromatic carbocycles. The first-order valence-electron chi connectivity index (χ1n) is 8.16. The van der Waals surface area contributed by atoms with Crippen LogP contribution in [0.25, 0.3) is 11.1 Å². The van der Waals surface area contributed by atoms with E-state index in [4.69, 9.17) is 18.9 Å². The van der Waals surface area contributed by atoms with E-state index in [1.54, 1.807) is 27.5 Å². The zero-order valence-corrected chi connectivity index (χ0v) is 15.1. The number of nitrogens with zero attached hydrogens (tertiary/aromatic N) is 1. The molecule has 0 saturated carbocycles. The normalized spacial score (nSPS) is 10.3. The molecule has 0 amide bonds. The molecule has 0 saturated heterocycles. The van der Waals surface area contributed by atoms with Crippen LogP contribution >= 0.6 is 0 Å². The molecule has 0 aliphatic carbocycles. The van der Waals surface area contributed by atoms with Gasteiger partial charge in [-0.3, -0.25) is 4.98 Å². The van der Waals surface area contributed by atoms with E-state index in [1.165, 1.54) is 0 Å². The maximum Gasteiger partial charge on any atom is 0.161 e. The Balaban J connectivity index is 1.77. The summed E-state index contributed by atoms with van der Waals surface area (Å²) in [4.78, 5) is 4.33. The van der Waals surface area contributed by atoms with Crippen molar-refractivity contribution in [3.63, 3.8) is 0 Å². The van der Waals surface area contributed by atoms with Crippen LogP contribution in [0.4, 0.5) is 0 Å². The molecule has 1 aromatic heterocycles. The molecule has 26 heavy (non-hydrogen) atoms. The fourth-order valence-corrected chi connectivity index (χ4v) is 2.60. The van der Waals surface area contributed by atoms with Crippen LogP contribution in [0.15, 0.2) is 60.9 Å². The molecule has 0 bridgehead atoms. The number of ether oxygens (including phenoxy) is 4. The zero-order valence-electron chi connectivity index (χ0n) is 15.1. The Kier molecular flexibility index (Phi) is 5.59. The molecule has 134 valence electrons. The standard InChI is InChI=1S/C21H21NO4/c1-23-18-5-4-6-19(11-18)26-14-15-9-17(13-22-12-15)16-7-8-20(24-2)21(10-16)25-3/h4-13H,14H2,1-3H3. The summed E-state index contributed by atoms with van der Waals surface area (Å²) in [5, 5.41) is 0. The minimum Gasteiger partial charge on any atom is -0.497 e. The van der Waals surface area contributed by atoms with Crippen molar-refractivity contribution in [2.75, 3.05) is 21.3 Å². The van der Waals surface area contributed by atoms with Gasteiger partial charge < -0.3 is 18.9 Å². The third kappa shape index (κ3) is 4.06. The van der Waals surface area contributed by atoms with Gasteiger partial charge in [-0.25, -0.2) is 0 Å². The van der Waals surface area contributed by atoms with Crippen molar-refractivity contribution in [3.8, 4) is 34.1 Å². The average molecular weight is 351 g/mol.